The summed E-state index contributed by atoms with van der Waals surface area (Å²) in [7, 11) is 0. The second-order valence-corrected chi connectivity index (χ2v) is 4.47. The SMILES string of the molecule is Cc1cccc(OCCn2cncc2C(N)CO)c1. The Hall–Kier alpha value is -1.85. The maximum Gasteiger partial charge on any atom is 0.119 e. The van der Waals surface area contributed by atoms with E-state index in [4.69, 9.17) is 15.6 Å². The Balaban J connectivity index is 1.91. The van der Waals surface area contributed by atoms with E-state index < -0.39 is 6.04 Å². The van der Waals surface area contributed by atoms with Crippen molar-refractivity contribution in [3.63, 3.8) is 0 Å². The van der Waals surface area contributed by atoms with Gasteiger partial charge in [0.05, 0.1) is 31.2 Å². The van der Waals surface area contributed by atoms with Crippen LogP contribution < -0.4 is 10.5 Å². The number of aliphatic hydroxyl groups excluding tert-OH is 1. The average Bonchev–Trinajstić information content (AvgIpc) is 2.86. The van der Waals surface area contributed by atoms with Crippen molar-refractivity contribution < 1.29 is 9.84 Å². The molecule has 3 N–H and O–H groups in total. The van der Waals surface area contributed by atoms with Crippen LogP contribution in [0.4, 0.5) is 0 Å². The third kappa shape index (κ3) is 3.56. The molecule has 1 heterocycles. The summed E-state index contributed by atoms with van der Waals surface area (Å²) in [6, 6.07) is 7.52. The van der Waals surface area contributed by atoms with E-state index >= 15 is 0 Å². The molecule has 5 nitrogen and oxygen atoms in total. The van der Waals surface area contributed by atoms with Crippen LogP contribution in [0.3, 0.4) is 0 Å². The number of ether oxygens (including phenoxy) is 1. The topological polar surface area (TPSA) is 73.3 Å². The summed E-state index contributed by atoms with van der Waals surface area (Å²) in [6.07, 6.45) is 3.37. The van der Waals surface area contributed by atoms with Gasteiger partial charge in [-0.3, -0.25) is 0 Å². The fourth-order valence-corrected chi connectivity index (χ4v) is 1.89. The van der Waals surface area contributed by atoms with Crippen molar-refractivity contribution in [1.29, 1.82) is 0 Å². The standard InChI is InChI=1S/C14H19N3O2/c1-11-3-2-4-12(7-11)19-6-5-17-10-16-8-14(17)13(15)9-18/h2-4,7-8,10,13,18H,5-6,9,15H2,1H3. The Morgan fingerprint density at radius 2 is 2.32 bits per heavy atom. The van der Waals surface area contributed by atoms with Crippen LogP contribution in [0.2, 0.25) is 0 Å². The molecular weight excluding hydrogens is 242 g/mol. The Kier molecular flexibility index (Phi) is 4.54. The van der Waals surface area contributed by atoms with E-state index in [1.54, 1.807) is 12.5 Å². The van der Waals surface area contributed by atoms with Gasteiger partial charge in [-0.05, 0) is 24.6 Å². The molecule has 0 amide bonds. The average molecular weight is 261 g/mol. The first-order chi connectivity index (χ1) is 9.20. The highest BCUT2D eigenvalue weighted by Gasteiger charge is 2.10. The second kappa shape index (κ2) is 6.36. The summed E-state index contributed by atoms with van der Waals surface area (Å²) >= 11 is 0. The van der Waals surface area contributed by atoms with E-state index in [-0.39, 0.29) is 6.61 Å². The summed E-state index contributed by atoms with van der Waals surface area (Å²) in [6.45, 7) is 3.12. The number of aliphatic hydroxyl groups is 1. The molecule has 0 fully saturated rings. The Labute approximate surface area is 112 Å². The first kappa shape index (κ1) is 13.6. The van der Waals surface area contributed by atoms with Crippen molar-refractivity contribution in [2.24, 2.45) is 5.73 Å². The summed E-state index contributed by atoms with van der Waals surface area (Å²) in [5, 5.41) is 9.07. The predicted octanol–water partition coefficient (Wildman–Crippen LogP) is 1.26. The molecule has 1 unspecified atom stereocenters. The van der Waals surface area contributed by atoms with Crippen molar-refractivity contribution in [3.05, 3.63) is 48.0 Å². The van der Waals surface area contributed by atoms with E-state index in [1.165, 1.54) is 5.56 Å². The molecular formula is C14H19N3O2. The lowest BCUT2D eigenvalue weighted by Crippen LogP contribution is -2.20. The fourth-order valence-electron chi connectivity index (χ4n) is 1.89. The molecule has 0 aliphatic heterocycles. The van der Waals surface area contributed by atoms with Crippen molar-refractivity contribution in [1.82, 2.24) is 9.55 Å². The Morgan fingerprint density at radius 3 is 3.05 bits per heavy atom. The molecule has 0 radical (unpaired) electrons. The summed E-state index contributed by atoms with van der Waals surface area (Å²) in [5.41, 5.74) is 7.78. The predicted molar refractivity (Wildman–Crippen MR) is 72.9 cm³/mol. The smallest absolute Gasteiger partial charge is 0.119 e. The molecule has 0 aliphatic carbocycles. The number of benzene rings is 1. The number of hydrogen-bond donors (Lipinski definition) is 2. The highest BCUT2D eigenvalue weighted by molar-refractivity contribution is 5.27. The molecule has 0 saturated heterocycles. The monoisotopic (exact) mass is 261 g/mol. The number of imidazole rings is 1. The van der Waals surface area contributed by atoms with Gasteiger partial charge in [0.15, 0.2) is 0 Å². The van der Waals surface area contributed by atoms with Crippen molar-refractivity contribution >= 4 is 0 Å². The highest BCUT2D eigenvalue weighted by atomic mass is 16.5. The number of nitrogens with zero attached hydrogens (tertiary/aromatic N) is 2. The third-order valence-corrected chi connectivity index (χ3v) is 2.91. The van der Waals surface area contributed by atoms with Gasteiger partial charge in [-0.1, -0.05) is 12.1 Å². The van der Waals surface area contributed by atoms with Crippen LogP contribution in [0.1, 0.15) is 17.3 Å². The molecule has 2 rings (SSSR count). The third-order valence-electron chi connectivity index (χ3n) is 2.91. The van der Waals surface area contributed by atoms with Crippen molar-refractivity contribution in [2.45, 2.75) is 19.5 Å². The lowest BCUT2D eigenvalue weighted by molar-refractivity contribution is 0.257. The molecule has 0 spiro atoms. The summed E-state index contributed by atoms with van der Waals surface area (Å²) < 4.78 is 7.58. The zero-order valence-electron chi connectivity index (χ0n) is 11.0. The van der Waals surface area contributed by atoms with Gasteiger partial charge >= 0.3 is 0 Å². The van der Waals surface area contributed by atoms with Crippen LogP contribution in [-0.4, -0.2) is 27.9 Å². The van der Waals surface area contributed by atoms with Gasteiger partial charge in [0.25, 0.3) is 0 Å². The van der Waals surface area contributed by atoms with E-state index in [1.807, 2.05) is 35.8 Å². The number of hydrogen-bond acceptors (Lipinski definition) is 4. The van der Waals surface area contributed by atoms with Crippen molar-refractivity contribution in [2.75, 3.05) is 13.2 Å². The minimum Gasteiger partial charge on any atom is -0.492 e. The number of aryl methyl sites for hydroxylation is 1. The molecule has 0 aliphatic rings. The molecule has 102 valence electrons. The maximum atomic E-state index is 9.07. The van der Waals surface area contributed by atoms with E-state index in [9.17, 15) is 0 Å². The molecule has 1 atom stereocenters. The lowest BCUT2D eigenvalue weighted by atomic mass is 10.2. The molecule has 2 aromatic rings. The Bertz CT molecular complexity index is 525. The van der Waals surface area contributed by atoms with Crippen LogP contribution >= 0.6 is 0 Å². The molecule has 1 aromatic carbocycles. The van der Waals surface area contributed by atoms with Crippen LogP contribution in [0.25, 0.3) is 0 Å². The molecule has 19 heavy (non-hydrogen) atoms. The number of aromatic nitrogens is 2. The van der Waals surface area contributed by atoms with Gasteiger partial charge in [0, 0.05) is 6.20 Å². The van der Waals surface area contributed by atoms with Gasteiger partial charge in [-0.15, -0.1) is 0 Å². The van der Waals surface area contributed by atoms with Gasteiger partial charge in [0.2, 0.25) is 0 Å². The van der Waals surface area contributed by atoms with Gasteiger partial charge < -0.3 is 20.1 Å². The van der Waals surface area contributed by atoms with Gasteiger partial charge in [-0.2, -0.15) is 0 Å². The second-order valence-electron chi connectivity index (χ2n) is 4.47. The Morgan fingerprint density at radius 1 is 1.47 bits per heavy atom. The number of rotatable bonds is 6. The molecule has 5 heteroatoms. The van der Waals surface area contributed by atoms with Crippen LogP contribution in [0, 0.1) is 6.92 Å². The van der Waals surface area contributed by atoms with Gasteiger partial charge in [0.1, 0.15) is 12.4 Å². The minimum absolute atomic E-state index is 0.0928. The van der Waals surface area contributed by atoms with Crippen LogP contribution in [0.15, 0.2) is 36.8 Å². The highest BCUT2D eigenvalue weighted by Crippen LogP contribution is 2.13. The fraction of sp³-hybridized carbons (Fsp3) is 0.357. The number of nitrogens with two attached hydrogens (primary N) is 1. The summed E-state index contributed by atoms with van der Waals surface area (Å²) in [4.78, 5) is 4.05. The van der Waals surface area contributed by atoms with E-state index in [0.29, 0.717) is 13.2 Å². The molecule has 0 saturated carbocycles. The quantitative estimate of drug-likeness (QED) is 0.821. The van der Waals surface area contributed by atoms with Crippen LogP contribution in [-0.2, 0) is 6.54 Å². The van der Waals surface area contributed by atoms with Gasteiger partial charge in [-0.25, -0.2) is 4.98 Å². The summed E-state index contributed by atoms with van der Waals surface area (Å²) in [5.74, 6) is 0.855. The minimum atomic E-state index is -0.401. The van der Waals surface area contributed by atoms with E-state index in [0.717, 1.165) is 11.4 Å². The zero-order chi connectivity index (χ0) is 13.7. The molecule has 1 aromatic heterocycles. The first-order valence-corrected chi connectivity index (χ1v) is 6.26. The maximum absolute atomic E-state index is 9.07. The first-order valence-electron chi connectivity index (χ1n) is 6.26. The normalized spacial score (nSPS) is 12.4. The molecule has 0 bridgehead atoms. The van der Waals surface area contributed by atoms with E-state index in [2.05, 4.69) is 4.98 Å². The largest absolute Gasteiger partial charge is 0.492 e. The zero-order valence-corrected chi connectivity index (χ0v) is 11.0. The van der Waals surface area contributed by atoms with Crippen molar-refractivity contribution in [3.8, 4) is 5.75 Å². The van der Waals surface area contributed by atoms with Crippen LogP contribution in [0.5, 0.6) is 5.75 Å². The lowest BCUT2D eigenvalue weighted by Gasteiger charge is -2.13.